The predicted molar refractivity (Wildman–Crippen MR) is 80.5 cm³/mol. The third kappa shape index (κ3) is 3.50. The van der Waals surface area contributed by atoms with Crippen molar-refractivity contribution in [3.63, 3.8) is 0 Å². The van der Waals surface area contributed by atoms with Gasteiger partial charge in [-0.15, -0.1) is 0 Å². The maximum Gasteiger partial charge on any atom is 0.229 e. The van der Waals surface area contributed by atoms with Crippen LogP contribution >= 0.6 is 0 Å². The van der Waals surface area contributed by atoms with Crippen molar-refractivity contribution in [3.05, 3.63) is 12.1 Å². The molecule has 5 atom stereocenters. The van der Waals surface area contributed by atoms with Gasteiger partial charge in [0.1, 0.15) is 30.2 Å². The fourth-order valence-electron chi connectivity index (χ4n) is 2.37. The molecule has 1 aromatic carbocycles. The van der Waals surface area contributed by atoms with E-state index in [2.05, 4.69) is 0 Å². The molecule has 1 saturated heterocycles. The Morgan fingerprint density at radius 3 is 1.96 bits per heavy atom. The van der Waals surface area contributed by atoms with Gasteiger partial charge in [0.2, 0.25) is 12.0 Å². The van der Waals surface area contributed by atoms with Gasteiger partial charge >= 0.3 is 0 Å². The summed E-state index contributed by atoms with van der Waals surface area (Å²) in [5.41, 5.74) is 0. The van der Waals surface area contributed by atoms with Crippen LogP contribution in [0.5, 0.6) is 23.0 Å². The average Bonchev–Trinajstić information content (AvgIpc) is 2.61. The molecule has 24 heavy (non-hydrogen) atoms. The maximum atomic E-state index is 10.1. The zero-order valence-corrected chi connectivity index (χ0v) is 13.6. The first-order chi connectivity index (χ1) is 11.5. The Morgan fingerprint density at radius 2 is 1.50 bits per heavy atom. The van der Waals surface area contributed by atoms with E-state index in [1.165, 1.54) is 21.3 Å². The molecule has 1 aliphatic heterocycles. The summed E-state index contributed by atoms with van der Waals surface area (Å²) in [5, 5.41) is 38.9. The van der Waals surface area contributed by atoms with Crippen LogP contribution in [-0.4, -0.2) is 79.1 Å². The molecular formula is C15H22O9. The molecule has 0 amide bonds. The summed E-state index contributed by atoms with van der Waals surface area (Å²) in [5.74, 6) is 1.08. The van der Waals surface area contributed by atoms with Crippen molar-refractivity contribution in [1.29, 1.82) is 0 Å². The molecule has 9 nitrogen and oxygen atoms in total. The Bertz CT molecular complexity index is 523. The Hall–Kier alpha value is -1.78. The zero-order chi connectivity index (χ0) is 17.9. The normalized spacial score (nSPS) is 29.9. The average molecular weight is 346 g/mol. The number of ether oxygens (including phenoxy) is 5. The van der Waals surface area contributed by atoms with Crippen LogP contribution in [0.2, 0.25) is 0 Å². The molecule has 1 heterocycles. The van der Waals surface area contributed by atoms with E-state index >= 15 is 0 Å². The number of methoxy groups -OCH3 is 3. The number of rotatable bonds is 6. The number of aliphatic hydroxyl groups excluding tert-OH is 4. The molecule has 0 aliphatic carbocycles. The molecule has 9 heteroatoms. The first-order valence-electron chi connectivity index (χ1n) is 7.24. The number of aliphatic hydroxyl groups is 4. The Balaban J connectivity index is 2.32. The minimum atomic E-state index is -1.55. The Labute approximate surface area is 138 Å². The van der Waals surface area contributed by atoms with Gasteiger partial charge in [0, 0.05) is 12.1 Å². The third-order valence-corrected chi connectivity index (χ3v) is 3.75. The van der Waals surface area contributed by atoms with E-state index in [0.717, 1.165) is 0 Å². The van der Waals surface area contributed by atoms with Gasteiger partial charge in [0.05, 0.1) is 27.9 Å². The van der Waals surface area contributed by atoms with Crippen molar-refractivity contribution in [2.45, 2.75) is 30.7 Å². The molecule has 0 radical (unpaired) electrons. The van der Waals surface area contributed by atoms with Crippen molar-refractivity contribution in [2.75, 3.05) is 27.9 Å². The topological polar surface area (TPSA) is 127 Å². The lowest BCUT2D eigenvalue weighted by atomic mass is 9.99. The molecule has 0 saturated carbocycles. The van der Waals surface area contributed by atoms with Crippen molar-refractivity contribution in [2.24, 2.45) is 0 Å². The molecule has 136 valence electrons. The van der Waals surface area contributed by atoms with Gasteiger partial charge in [-0.05, 0) is 0 Å². The largest absolute Gasteiger partial charge is 0.496 e. The highest BCUT2D eigenvalue weighted by Gasteiger charge is 2.45. The van der Waals surface area contributed by atoms with Gasteiger partial charge in [0.15, 0.2) is 11.5 Å². The van der Waals surface area contributed by atoms with E-state index in [-0.39, 0.29) is 17.2 Å². The van der Waals surface area contributed by atoms with Crippen LogP contribution in [0.1, 0.15) is 0 Å². The highest BCUT2D eigenvalue weighted by Crippen LogP contribution is 2.42. The Morgan fingerprint density at radius 1 is 0.917 bits per heavy atom. The summed E-state index contributed by atoms with van der Waals surface area (Å²) in [6, 6.07) is 3.09. The number of benzene rings is 1. The minimum Gasteiger partial charge on any atom is -0.496 e. The highest BCUT2D eigenvalue weighted by atomic mass is 16.7. The van der Waals surface area contributed by atoms with Crippen molar-refractivity contribution in [1.82, 2.24) is 0 Å². The minimum absolute atomic E-state index is 0.116. The molecule has 4 N–H and O–H groups in total. The molecule has 0 aromatic heterocycles. The lowest BCUT2D eigenvalue weighted by Gasteiger charge is -2.39. The van der Waals surface area contributed by atoms with Gasteiger partial charge in [-0.2, -0.15) is 0 Å². The highest BCUT2D eigenvalue weighted by molar-refractivity contribution is 5.56. The van der Waals surface area contributed by atoms with Crippen molar-refractivity contribution >= 4 is 0 Å². The first kappa shape index (κ1) is 18.6. The van der Waals surface area contributed by atoms with Gasteiger partial charge in [-0.25, -0.2) is 0 Å². The monoisotopic (exact) mass is 346 g/mol. The zero-order valence-electron chi connectivity index (χ0n) is 13.6. The van der Waals surface area contributed by atoms with Crippen molar-refractivity contribution < 1.29 is 44.1 Å². The number of hydrogen-bond acceptors (Lipinski definition) is 9. The fraction of sp³-hybridized carbons (Fsp3) is 0.600. The van der Waals surface area contributed by atoms with Gasteiger partial charge in [0.25, 0.3) is 0 Å². The molecule has 0 spiro atoms. The van der Waals surface area contributed by atoms with Gasteiger partial charge in [-0.3, -0.25) is 0 Å². The second-order valence-electron chi connectivity index (χ2n) is 5.18. The lowest BCUT2D eigenvalue weighted by molar-refractivity contribution is -0.277. The predicted octanol–water partition coefficient (Wildman–Crippen LogP) is -1.11. The molecule has 0 bridgehead atoms. The Kier molecular flexibility index (Phi) is 6.08. The van der Waals surface area contributed by atoms with E-state index in [1.54, 1.807) is 12.1 Å². The summed E-state index contributed by atoms with van der Waals surface area (Å²) >= 11 is 0. The summed E-state index contributed by atoms with van der Waals surface area (Å²) in [6.45, 7) is -0.554. The second-order valence-corrected chi connectivity index (χ2v) is 5.18. The van der Waals surface area contributed by atoms with Gasteiger partial charge < -0.3 is 44.1 Å². The quantitative estimate of drug-likeness (QED) is 0.507. The van der Waals surface area contributed by atoms with Crippen LogP contribution in [0.3, 0.4) is 0 Å². The molecule has 1 fully saturated rings. The first-order valence-corrected chi connectivity index (χ1v) is 7.24. The third-order valence-electron chi connectivity index (χ3n) is 3.75. The van der Waals surface area contributed by atoms with Crippen LogP contribution in [0.4, 0.5) is 0 Å². The van der Waals surface area contributed by atoms with Gasteiger partial charge in [-0.1, -0.05) is 0 Å². The van der Waals surface area contributed by atoms with E-state index in [4.69, 9.17) is 23.7 Å². The standard InChI is InChI=1S/C15H22O9/c1-20-7-4-8(21-2)14(9(5-7)22-3)24-15-13(19)12(18)11(17)10(6-16)23-15/h4-5,10-13,15-19H,6H2,1-3H3/t10?,11?,12-,13?,15?/m0/s1. The van der Waals surface area contributed by atoms with Crippen LogP contribution in [-0.2, 0) is 4.74 Å². The van der Waals surface area contributed by atoms with Crippen LogP contribution in [0.15, 0.2) is 12.1 Å². The van der Waals surface area contributed by atoms with Crippen molar-refractivity contribution in [3.8, 4) is 23.0 Å². The van der Waals surface area contributed by atoms with E-state index < -0.39 is 37.3 Å². The smallest absolute Gasteiger partial charge is 0.229 e. The van der Waals surface area contributed by atoms with E-state index in [9.17, 15) is 20.4 Å². The van der Waals surface area contributed by atoms with Crippen LogP contribution < -0.4 is 18.9 Å². The molecule has 2 rings (SSSR count). The van der Waals surface area contributed by atoms with E-state index in [1.807, 2.05) is 0 Å². The summed E-state index contributed by atoms with van der Waals surface area (Å²) in [7, 11) is 4.30. The lowest BCUT2D eigenvalue weighted by Crippen LogP contribution is -2.60. The summed E-state index contributed by atoms with van der Waals surface area (Å²) in [4.78, 5) is 0. The summed E-state index contributed by atoms with van der Waals surface area (Å²) < 4.78 is 26.5. The molecule has 1 aliphatic rings. The molecular weight excluding hydrogens is 324 g/mol. The number of hydrogen-bond donors (Lipinski definition) is 4. The second kappa shape index (κ2) is 7.86. The SMILES string of the molecule is COc1cc(OC)c(OC2OC(CO)C(O)[C@H](O)C2O)c(OC)c1. The van der Waals surface area contributed by atoms with E-state index in [0.29, 0.717) is 5.75 Å². The fourth-order valence-corrected chi connectivity index (χ4v) is 2.37. The summed E-state index contributed by atoms with van der Waals surface area (Å²) in [6.07, 6.45) is -6.99. The van der Waals surface area contributed by atoms with Crippen LogP contribution in [0, 0.1) is 0 Å². The van der Waals surface area contributed by atoms with Crippen LogP contribution in [0.25, 0.3) is 0 Å². The molecule has 4 unspecified atom stereocenters. The molecule has 1 aromatic rings. The maximum absolute atomic E-state index is 10.1.